The third kappa shape index (κ3) is 3.32. The Bertz CT molecular complexity index is 354. The zero-order valence-electron chi connectivity index (χ0n) is 8.70. The van der Waals surface area contributed by atoms with Gasteiger partial charge in [0.2, 0.25) is 0 Å². The van der Waals surface area contributed by atoms with Crippen LogP contribution in [0, 0.1) is 0 Å². The van der Waals surface area contributed by atoms with Gasteiger partial charge in [-0.25, -0.2) is 0 Å². The maximum Gasteiger partial charge on any atom is 0.320 e. The first-order chi connectivity index (χ1) is 7.02. The molecule has 82 valence electrons. The molecule has 1 aromatic rings. The van der Waals surface area contributed by atoms with E-state index < -0.39 is 12.0 Å². The Labute approximate surface area is 97.6 Å². The Hall–Kier alpha value is -0.870. The van der Waals surface area contributed by atoms with Crippen LogP contribution in [0.5, 0.6) is 0 Å². The highest BCUT2D eigenvalue weighted by atomic mass is 79.9. The largest absolute Gasteiger partial charge is 0.480 e. The van der Waals surface area contributed by atoms with Crippen molar-refractivity contribution >= 4 is 21.9 Å². The molecule has 0 radical (unpaired) electrons. The van der Waals surface area contributed by atoms with Gasteiger partial charge >= 0.3 is 5.97 Å². The van der Waals surface area contributed by atoms with Gasteiger partial charge in [0, 0.05) is 10.5 Å². The molecular formula is C11H14BrNO2. The fraction of sp³-hybridized carbons (Fsp3) is 0.364. The number of nitrogens with one attached hydrogen (secondary N) is 1. The second-order valence-electron chi connectivity index (χ2n) is 3.47. The van der Waals surface area contributed by atoms with E-state index in [1.165, 1.54) is 0 Å². The summed E-state index contributed by atoms with van der Waals surface area (Å²) in [5.41, 5.74) is 1.06. The minimum absolute atomic E-state index is 0.00618. The molecular weight excluding hydrogens is 258 g/mol. The fourth-order valence-corrected chi connectivity index (χ4v) is 1.99. The number of rotatable bonds is 4. The number of benzene rings is 1. The van der Waals surface area contributed by atoms with Crippen LogP contribution < -0.4 is 5.32 Å². The molecule has 1 rings (SSSR count). The third-order valence-electron chi connectivity index (χ3n) is 2.24. The number of halogens is 1. The number of hydrogen-bond acceptors (Lipinski definition) is 2. The van der Waals surface area contributed by atoms with E-state index in [0.29, 0.717) is 0 Å². The second kappa shape index (κ2) is 5.28. The van der Waals surface area contributed by atoms with Crippen molar-refractivity contribution < 1.29 is 9.90 Å². The van der Waals surface area contributed by atoms with Crippen LogP contribution in [0.2, 0.25) is 0 Å². The van der Waals surface area contributed by atoms with E-state index >= 15 is 0 Å². The standard InChI is InChI=1S/C11H14BrNO2/c1-7(13-8(2)11(14)15)9-5-3-4-6-10(9)12/h3-8,13H,1-2H3,(H,14,15)/t7-,8?/m0/s1. The van der Waals surface area contributed by atoms with Crippen LogP contribution in [0.4, 0.5) is 0 Å². The van der Waals surface area contributed by atoms with E-state index in [2.05, 4.69) is 21.2 Å². The molecule has 3 nitrogen and oxygen atoms in total. The maximum atomic E-state index is 10.7. The van der Waals surface area contributed by atoms with Crippen molar-refractivity contribution in [1.29, 1.82) is 0 Å². The Kier molecular flexibility index (Phi) is 4.29. The Morgan fingerprint density at radius 2 is 2.00 bits per heavy atom. The number of carbonyl (C=O) groups is 1. The molecule has 0 bridgehead atoms. The molecule has 0 fully saturated rings. The van der Waals surface area contributed by atoms with Gasteiger partial charge in [0.05, 0.1) is 0 Å². The van der Waals surface area contributed by atoms with Crippen LogP contribution in [0.1, 0.15) is 25.5 Å². The molecule has 2 atom stereocenters. The van der Waals surface area contributed by atoms with E-state index in [0.717, 1.165) is 10.0 Å². The van der Waals surface area contributed by atoms with Crippen molar-refractivity contribution in [2.45, 2.75) is 25.9 Å². The summed E-state index contributed by atoms with van der Waals surface area (Å²) in [5, 5.41) is 11.8. The lowest BCUT2D eigenvalue weighted by Gasteiger charge is -2.18. The van der Waals surface area contributed by atoms with E-state index in [-0.39, 0.29) is 6.04 Å². The average molecular weight is 272 g/mol. The molecule has 2 N–H and O–H groups in total. The van der Waals surface area contributed by atoms with Crippen LogP contribution in [0.3, 0.4) is 0 Å². The van der Waals surface area contributed by atoms with Crippen LogP contribution in [-0.4, -0.2) is 17.1 Å². The second-order valence-corrected chi connectivity index (χ2v) is 4.32. The summed E-state index contributed by atoms with van der Waals surface area (Å²) in [6.07, 6.45) is 0. The van der Waals surface area contributed by atoms with Gasteiger partial charge < -0.3 is 5.11 Å². The van der Waals surface area contributed by atoms with Crippen LogP contribution in [0.25, 0.3) is 0 Å². The SMILES string of the molecule is CC(N[C@@H](C)c1ccccc1Br)C(=O)O. The lowest BCUT2D eigenvalue weighted by atomic mass is 10.1. The summed E-state index contributed by atoms with van der Waals surface area (Å²) >= 11 is 3.44. The van der Waals surface area contributed by atoms with E-state index in [1.807, 2.05) is 31.2 Å². The van der Waals surface area contributed by atoms with Crippen molar-refractivity contribution in [3.63, 3.8) is 0 Å². The molecule has 1 unspecified atom stereocenters. The normalized spacial score (nSPS) is 14.6. The molecule has 0 aliphatic rings. The van der Waals surface area contributed by atoms with Crippen LogP contribution in [-0.2, 0) is 4.79 Å². The molecule has 0 saturated carbocycles. The summed E-state index contributed by atoms with van der Waals surface area (Å²) in [6, 6.07) is 7.23. The molecule has 0 heterocycles. The Morgan fingerprint density at radius 1 is 1.40 bits per heavy atom. The summed E-state index contributed by atoms with van der Waals surface area (Å²) in [6.45, 7) is 3.58. The van der Waals surface area contributed by atoms with Gasteiger partial charge in [0.25, 0.3) is 0 Å². The summed E-state index contributed by atoms with van der Waals surface area (Å²) in [7, 11) is 0. The van der Waals surface area contributed by atoms with E-state index in [9.17, 15) is 4.79 Å². The quantitative estimate of drug-likeness (QED) is 0.885. The number of hydrogen-bond donors (Lipinski definition) is 2. The number of aliphatic carboxylic acids is 1. The highest BCUT2D eigenvalue weighted by molar-refractivity contribution is 9.10. The molecule has 0 aromatic heterocycles. The lowest BCUT2D eigenvalue weighted by Crippen LogP contribution is -2.35. The monoisotopic (exact) mass is 271 g/mol. The third-order valence-corrected chi connectivity index (χ3v) is 2.96. The highest BCUT2D eigenvalue weighted by Crippen LogP contribution is 2.22. The van der Waals surface area contributed by atoms with Crippen molar-refractivity contribution in [3.8, 4) is 0 Å². The zero-order valence-corrected chi connectivity index (χ0v) is 10.3. The first-order valence-electron chi connectivity index (χ1n) is 4.75. The van der Waals surface area contributed by atoms with Crippen molar-refractivity contribution in [2.75, 3.05) is 0 Å². The molecule has 0 saturated heterocycles. The average Bonchev–Trinajstić information content (AvgIpc) is 2.18. The predicted molar refractivity (Wildman–Crippen MR) is 62.8 cm³/mol. The van der Waals surface area contributed by atoms with Crippen molar-refractivity contribution in [3.05, 3.63) is 34.3 Å². The van der Waals surface area contributed by atoms with Gasteiger partial charge in [0.1, 0.15) is 6.04 Å². The zero-order chi connectivity index (χ0) is 11.4. The lowest BCUT2D eigenvalue weighted by molar-refractivity contribution is -0.139. The topological polar surface area (TPSA) is 49.3 Å². The Balaban J connectivity index is 2.73. The molecule has 1 aromatic carbocycles. The van der Waals surface area contributed by atoms with Gasteiger partial charge in [-0.3, -0.25) is 10.1 Å². The first kappa shape index (κ1) is 12.2. The number of carboxylic acid groups (broad SMARTS) is 1. The van der Waals surface area contributed by atoms with Crippen molar-refractivity contribution in [1.82, 2.24) is 5.32 Å². The molecule has 0 aliphatic carbocycles. The highest BCUT2D eigenvalue weighted by Gasteiger charge is 2.15. The predicted octanol–water partition coefficient (Wildman–Crippen LogP) is 2.57. The van der Waals surface area contributed by atoms with Gasteiger partial charge in [-0.05, 0) is 25.5 Å². The summed E-state index contributed by atoms with van der Waals surface area (Å²) in [5.74, 6) is -0.839. The van der Waals surface area contributed by atoms with Gasteiger partial charge in [0.15, 0.2) is 0 Å². The molecule has 4 heteroatoms. The van der Waals surface area contributed by atoms with E-state index in [4.69, 9.17) is 5.11 Å². The van der Waals surface area contributed by atoms with Crippen LogP contribution in [0.15, 0.2) is 28.7 Å². The minimum Gasteiger partial charge on any atom is -0.480 e. The smallest absolute Gasteiger partial charge is 0.320 e. The fourth-order valence-electron chi connectivity index (χ4n) is 1.36. The molecule has 15 heavy (non-hydrogen) atoms. The first-order valence-corrected chi connectivity index (χ1v) is 5.55. The Morgan fingerprint density at radius 3 is 2.53 bits per heavy atom. The maximum absolute atomic E-state index is 10.7. The van der Waals surface area contributed by atoms with E-state index in [1.54, 1.807) is 6.92 Å². The summed E-state index contributed by atoms with van der Waals surface area (Å²) < 4.78 is 0.989. The molecule has 0 spiro atoms. The minimum atomic E-state index is -0.839. The van der Waals surface area contributed by atoms with Gasteiger partial charge in [-0.2, -0.15) is 0 Å². The van der Waals surface area contributed by atoms with Crippen LogP contribution >= 0.6 is 15.9 Å². The molecule has 0 aliphatic heterocycles. The van der Waals surface area contributed by atoms with Gasteiger partial charge in [-0.1, -0.05) is 34.1 Å². The van der Waals surface area contributed by atoms with Crippen molar-refractivity contribution in [2.24, 2.45) is 0 Å². The summed E-state index contributed by atoms with van der Waals surface area (Å²) in [4.78, 5) is 10.7. The number of carboxylic acids is 1. The van der Waals surface area contributed by atoms with Gasteiger partial charge in [-0.15, -0.1) is 0 Å². The molecule has 0 amide bonds.